The van der Waals surface area contributed by atoms with E-state index in [9.17, 15) is 0 Å². The largest absolute Gasteiger partial charge is 0.309 e. The lowest BCUT2D eigenvalue weighted by Gasteiger charge is -2.20. The molecule has 0 aliphatic carbocycles. The summed E-state index contributed by atoms with van der Waals surface area (Å²) in [6.45, 7) is 5.95. The quantitative estimate of drug-likeness (QED) is 0.825. The molecule has 106 valence electrons. The fourth-order valence-corrected chi connectivity index (χ4v) is 3.40. The van der Waals surface area contributed by atoms with Crippen LogP contribution in [0.4, 0.5) is 0 Å². The van der Waals surface area contributed by atoms with Crippen molar-refractivity contribution in [2.24, 2.45) is 0 Å². The second-order valence-electron chi connectivity index (χ2n) is 5.54. The molecule has 2 rings (SSSR count). The normalized spacial score (nSPS) is 21.7. The van der Waals surface area contributed by atoms with Crippen LogP contribution in [0.2, 0.25) is 0 Å². The van der Waals surface area contributed by atoms with Gasteiger partial charge in [-0.05, 0) is 38.1 Å². The fourth-order valence-electron chi connectivity index (χ4n) is 2.80. The summed E-state index contributed by atoms with van der Waals surface area (Å²) in [5, 5.41) is 3.75. The van der Waals surface area contributed by atoms with Gasteiger partial charge >= 0.3 is 0 Å². The Kier molecular flexibility index (Phi) is 6.21. The molecule has 2 unspecified atom stereocenters. The van der Waals surface area contributed by atoms with Gasteiger partial charge in [0.1, 0.15) is 0 Å². The molecule has 1 saturated heterocycles. The van der Waals surface area contributed by atoms with Gasteiger partial charge in [-0.15, -0.1) is 0 Å². The molecule has 1 aliphatic heterocycles. The lowest BCUT2D eigenvalue weighted by molar-refractivity contribution is 0.328. The summed E-state index contributed by atoms with van der Waals surface area (Å²) < 4.78 is 0. The first-order chi connectivity index (χ1) is 9.28. The van der Waals surface area contributed by atoms with Crippen molar-refractivity contribution >= 4 is 11.8 Å². The topological polar surface area (TPSA) is 15.3 Å². The number of benzene rings is 1. The van der Waals surface area contributed by atoms with Gasteiger partial charge in [0.15, 0.2) is 0 Å². The molecule has 2 atom stereocenters. The van der Waals surface area contributed by atoms with Gasteiger partial charge in [-0.2, -0.15) is 11.8 Å². The molecule has 0 saturated carbocycles. The monoisotopic (exact) mass is 278 g/mol. The van der Waals surface area contributed by atoms with Gasteiger partial charge < -0.3 is 10.2 Å². The van der Waals surface area contributed by atoms with E-state index in [1.165, 1.54) is 43.8 Å². The molecule has 2 nitrogen and oxygen atoms in total. The molecule has 1 aromatic rings. The van der Waals surface area contributed by atoms with Crippen molar-refractivity contribution in [3.8, 4) is 0 Å². The van der Waals surface area contributed by atoms with E-state index >= 15 is 0 Å². The molecule has 1 aliphatic rings. The highest BCUT2D eigenvalue weighted by molar-refractivity contribution is 7.98. The lowest BCUT2D eigenvalue weighted by atomic mass is 10.1. The summed E-state index contributed by atoms with van der Waals surface area (Å²) in [4.78, 5) is 2.59. The lowest BCUT2D eigenvalue weighted by Crippen LogP contribution is -2.40. The summed E-state index contributed by atoms with van der Waals surface area (Å²) in [5.74, 6) is 1.21. The maximum atomic E-state index is 3.75. The van der Waals surface area contributed by atoms with E-state index in [1.54, 1.807) is 0 Å². The van der Waals surface area contributed by atoms with Gasteiger partial charge in [0.25, 0.3) is 0 Å². The number of hydrogen-bond donors (Lipinski definition) is 1. The molecule has 1 fully saturated rings. The first kappa shape index (κ1) is 14.9. The summed E-state index contributed by atoms with van der Waals surface area (Å²) in [5.41, 5.74) is 1.45. The van der Waals surface area contributed by atoms with E-state index in [0.29, 0.717) is 12.1 Å². The number of thioether (sulfide) groups is 1. The van der Waals surface area contributed by atoms with Crippen LogP contribution < -0.4 is 5.32 Å². The minimum absolute atomic E-state index is 0.633. The van der Waals surface area contributed by atoms with Gasteiger partial charge in [0, 0.05) is 30.9 Å². The third-order valence-electron chi connectivity index (χ3n) is 3.77. The van der Waals surface area contributed by atoms with E-state index in [2.05, 4.69) is 53.7 Å². The third kappa shape index (κ3) is 5.17. The number of nitrogens with zero attached hydrogens (tertiary/aromatic N) is 1. The van der Waals surface area contributed by atoms with Crippen molar-refractivity contribution in [1.82, 2.24) is 10.2 Å². The van der Waals surface area contributed by atoms with Crippen LogP contribution in [0.15, 0.2) is 30.3 Å². The highest BCUT2D eigenvalue weighted by Gasteiger charge is 2.22. The molecule has 0 bridgehead atoms. The average Bonchev–Trinajstić information content (AvgIpc) is 2.85. The van der Waals surface area contributed by atoms with Crippen molar-refractivity contribution in [1.29, 1.82) is 0 Å². The van der Waals surface area contributed by atoms with E-state index < -0.39 is 0 Å². The minimum Gasteiger partial charge on any atom is -0.309 e. The third-order valence-corrected chi connectivity index (χ3v) is 4.60. The number of likely N-dealkylation sites (tertiary alicyclic amines) is 1. The molecule has 1 aromatic carbocycles. The van der Waals surface area contributed by atoms with Crippen molar-refractivity contribution in [3.05, 3.63) is 35.9 Å². The Hall–Kier alpha value is -0.510. The Balaban J connectivity index is 1.67. The summed E-state index contributed by atoms with van der Waals surface area (Å²) in [7, 11) is 0. The summed E-state index contributed by atoms with van der Waals surface area (Å²) in [6.07, 6.45) is 4.65. The number of nitrogens with one attached hydrogen (secondary N) is 1. The molecule has 0 radical (unpaired) electrons. The maximum absolute atomic E-state index is 3.75. The van der Waals surface area contributed by atoms with Crippen molar-refractivity contribution in [2.75, 3.05) is 31.6 Å². The molecule has 19 heavy (non-hydrogen) atoms. The summed E-state index contributed by atoms with van der Waals surface area (Å²) >= 11 is 1.93. The van der Waals surface area contributed by atoms with Crippen LogP contribution in [0.3, 0.4) is 0 Å². The first-order valence-corrected chi connectivity index (χ1v) is 8.68. The molecule has 0 amide bonds. The van der Waals surface area contributed by atoms with Crippen LogP contribution in [0.25, 0.3) is 0 Å². The zero-order chi connectivity index (χ0) is 13.5. The Morgan fingerprint density at radius 2 is 2.16 bits per heavy atom. The molecular formula is C16H26N2S. The Morgan fingerprint density at radius 1 is 1.37 bits per heavy atom. The average molecular weight is 278 g/mol. The molecule has 3 heteroatoms. The van der Waals surface area contributed by atoms with Crippen LogP contribution in [0.5, 0.6) is 0 Å². The zero-order valence-electron chi connectivity index (χ0n) is 12.1. The van der Waals surface area contributed by atoms with Crippen molar-refractivity contribution in [2.45, 2.75) is 31.8 Å². The van der Waals surface area contributed by atoms with Gasteiger partial charge in [0.2, 0.25) is 0 Å². The second-order valence-corrected chi connectivity index (χ2v) is 6.46. The predicted octanol–water partition coefficient (Wildman–Crippen LogP) is 2.64. The molecule has 0 spiro atoms. The fraction of sp³-hybridized carbons (Fsp3) is 0.625. The van der Waals surface area contributed by atoms with Crippen molar-refractivity contribution < 1.29 is 0 Å². The Morgan fingerprint density at radius 3 is 2.89 bits per heavy atom. The summed E-state index contributed by atoms with van der Waals surface area (Å²) in [6, 6.07) is 12.1. The highest BCUT2D eigenvalue weighted by Crippen LogP contribution is 2.12. The molecule has 1 heterocycles. The first-order valence-electron chi connectivity index (χ1n) is 7.29. The van der Waals surface area contributed by atoms with Crippen LogP contribution in [0.1, 0.15) is 18.9 Å². The van der Waals surface area contributed by atoms with Crippen LogP contribution in [-0.2, 0) is 6.42 Å². The van der Waals surface area contributed by atoms with E-state index in [-0.39, 0.29) is 0 Å². The van der Waals surface area contributed by atoms with Gasteiger partial charge in [0.05, 0.1) is 0 Å². The van der Waals surface area contributed by atoms with Gasteiger partial charge in [-0.1, -0.05) is 30.3 Å². The molecule has 0 aromatic heterocycles. The van der Waals surface area contributed by atoms with Crippen LogP contribution >= 0.6 is 11.8 Å². The SMILES string of the molecule is CSCC(C)NC1CCN(CCc2ccccc2)C1. The van der Waals surface area contributed by atoms with Crippen LogP contribution in [0, 0.1) is 0 Å². The molecular weight excluding hydrogens is 252 g/mol. The standard InChI is InChI=1S/C16H26N2S/c1-14(13-19-2)17-16-9-11-18(12-16)10-8-15-6-4-3-5-7-15/h3-7,14,16-17H,8-13H2,1-2H3. The maximum Gasteiger partial charge on any atom is 0.0209 e. The van der Waals surface area contributed by atoms with Crippen LogP contribution in [-0.4, -0.2) is 48.6 Å². The second kappa shape index (κ2) is 7.93. The smallest absolute Gasteiger partial charge is 0.0209 e. The molecule has 1 N–H and O–H groups in total. The predicted molar refractivity (Wildman–Crippen MR) is 86.0 cm³/mol. The zero-order valence-corrected chi connectivity index (χ0v) is 13.0. The van der Waals surface area contributed by atoms with E-state index in [0.717, 1.165) is 0 Å². The van der Waals surface area contributed by atoms with Gasteiger partial charge in [-0.25, -0.2) is 0 Å². The Labute approximate surface area is 122 Å². The highest BCUT2D eigenvalue weighted by atomic mass is 32.2. The number of hydrogen-bond acceptors (Lipinski definition) is 3. The number of rotatable bonds is 7. The minimum atomic E-state index is 0.633. The van der Waals surface area contributed by atoms with E-state index in [4.69, 9.17) is 0 Å². The van der Waals surface area contributed by atoms with Gasteiger partial charge in [-0.3, -0.25) is 0 Å². The Bertz CT molecular complexity index is 355. The van der Waals surface area contributed by atoms with Crippen molar-refractivity contribution in [3.63, 3.8) is 0 Å². The van der Waals surface area contributed by atoms with E-state index in [1.807, 2.05) is 11.8 Å².